The maximum Gasteiger partial charge on any atom is 0.344 e. The number of nitrogens with zero attached hydrogens (tertiary/aromatic N) is 1. The molecular formula is C26H35NO4Si. The van der Waals surface area contributed by atoms with E-state index >= 15 is 0 Å². The quantitative estimate of drug-likeness (QED) is 0.276. The number of aryl methyl sites for hydroxylation is 1. The van der Waals surface area contributed by atoms with E-state index in [1.54, 1.807) is 0 Å². The standard InChI is InChI=1S/C26H35NO4Si/c1-26(2,3)32(4,5)31-20-9-11-22-21-10-8-19(7-6-12-27-13-15-29-16-14-27)17-23(21)25(28)30-24(22)18-20/h8-11,17-18H,6-7,12-16H2,1-5H3. The fourth-order valence-corrected chi connectivity index (χ4v) is 4.98. The molecule has 1 fully saturated rings. The van der Waals surface area contributed by atoms with Crippen molar-refractivity contribution < 1.29 is 13.6 Å². The van der Waals surface area contributed by atoms with Crippen LogP contribution in [0.2, 0.25) is 18.1 Å². The summed E-state index contributed by atoms with van der Waals surface area (Å²) < 4.78 is 17.5. The van der Waals surface area contributed by atoms with Gasteiger partial charge in [0.05, 0.1) is 18.6 Å². The zero-order valence-corrected chi connectivity index (χ0v) is 21.0. The van der Waals surface area contributed by atoms with Gasteiger partial charge in [-0.05, 0) is 66.7 Å². The molecule has 172 valence electrons. The van der Waals surface area contributed by atoms with Crippen molar-refractivity contribution in [2.75, 3.05) is 32.8 Å². The Morgan fingerprint density at radius 2 is 1.72 bits per heavy atom. The van der Waals surface area contributed by atoms with E-state index in [2.05, 4.69) is 50.9 Å². The summed E-state index contributed by atoms with van der Waals surface area (Å²) in [6, 6.07) is 12.1. The Hall–Kier alpha value is -2.15. The minimum atomic E-state index is -1.96. The van der Waals surface area contributed by atoms with Gasteiger partial charge in [-0.3, -0.25) is 4.90 Å². The van der Waals surface area contributed by atoms with Gasteiger partial charge in [-0.25, -0.2) is 4.79 Å². The molecule has 1 aliphatic heterocycles. The molecule has 0 atom stereocenters. The second kappa shape index (κ2) is 9.00. The van der Waals surface area contributed by atoms with Crippen molar-refractivity contribution in [3.63, 3.8) is 0 Å². The highest BCUT2D eigenvalue weighted by Gasteiger charge is 2.39. The molecule has 6 heteroatoms. The molecule has 0 radical (unpaired) electrons. The summed E-state index contributed by atoms with van der Waals surface area (Å²) in [5.41, 5.74) is 1.47. The third kappa shape index (κ3) is 4.92. The van der Waals surface area contributed by atoms with Gasteiger partial charge in [-0.2, -0.15) is 0 Å². The van der Waals surface area contributed by atoms with Crippen LogP contribution in [0.15, 0.2) is 45.6 Å². The minimum Gasteiger partial charge on any atom is -0.543 e. The van der Waals surface area contributed by atoms with E-state index in [4.69, 9.17) is 13.6 Å². The summed E-state index contributed by atoms with van der Waals surface area (Å²) in [7, 11) is -1.96. The molecule has 0 aliphatic carbocycles. The molecule has 0 saturated carbocycles. The average molecular weight is 454 g/mol. The predicted molar refractivity (Wildman–Crippen MR) is 133 cm³/mol. The first-order valence-corrected chi connectivity index (χ1v) is 14.5. The molecule has 3 aromatic rings. The van der Waals surface area contributed by atoms with Gasteiger partial charge in [0, 0.05) is 24.5 Å². The summed E-state index contributed by atoms with van der Waals surface area (Å²) in [5.74, 6) is 0.770. The summed E-state index contributed by atoms with van der Waals surface area (Å²) in [6.45, 7) is 15.8. The number of hydrogen-bond acceptors (Lipinski definition) is 5. The van der Waals surface area contributed by atoms with Gasteiger partial charge in [0.2, 0.25) is 8.32 Å². The van der Waals surface area contributed by atoms with E-state index in [9.17, 15) is 4.79 Å². The Balaban J connectivity index is 1.56. The summed E-state index contributed by atoms with van der Waals surface area (Å²) >= 11 is 0. The normalized spacial score (nSPS) is 16.0. The van der Waals surface area contributed by atoms with Gasteiger partial charge in [0.1, 0.15) is 11.3 Å². The third-order valence-electron chi connectivity index (χ3n) is 6.97. The van der Waals surface area contributed by atoms with Gasteiger partial charge in [0.15, 0.2) is 0 Å². The lowest BCUT2D eigenvalue weighted by Gasteiger charge is -2.36. The van der Waals surface area contributed by atoms with E-state index < -0.39 is 8.32 Å². The van der Waals surface area contributed by atoms with Crippen LogP contribution in [0.1, 0.15) is 32.8 Å². The zero-order chi connectivity index (χ0) is 22.9. The van der Waals surface area contributed by atoms with Crippen LogP contribution in [0.5, 0.6) is 5.75 Å². The third-order valence-corrected chi connectivity index (χ3v) is 11.3. The summed E-state index contributed by atoms with van der Waals surface area (Å²) in [4.78, 5) is 15.2. The van der Waals surface area contributed by atoms with Gasteiger partial charge in [-0.15, -0.1) is 0 Å². The first-order valence-electron chi connectivity index (χ1n) is 11.6. The Labute approximate surface area is 191 Å². The second-order valence-electron chi connectivity index (χ2n) is 10.3. The molecule has 5 nitrogen and oxygen atoms in total. The molecule has 0 amide bonds. The van der Waals surface area contributed by atoms with Gasteiger partial charge in [-0.1, -0.05) is 32.9 Å². The molecular weight excluding hydrogens is 418 g/mol. The highest BCUT2D eigenvalue weighted by Crippen LogP contribution is 2.38. The second-order valence-corrected chi connectivity index (χ2v) is 15.1. The highest BCUT2D eigenvalue weighted by molar-refractivity contribution is 6.74. The Morgan fingerprint density at radius 1 is 1.00 bits per heavy atom. The highest BCUT2D eigenvalue weighted by atomic mass is 28.4. The van der Waals surface area contributed by atoms with E-state index in [0.29, 0.717) is 11.0 Å². The smallest absolute Gasteiger partial charge is 0.344 e. The maximum atomic E-state index is 12.8. The van der Waals surface area contributed by atoms with Gasteiger partial charge in [0.25, 0.3) is 0 Å². The fraction of sp³-hybridized carbons (Fsp3) is 0.500. The number of benzene rings is 2. The van der Waals surface area contributed by atoms with Crippen LogP contribution in [0.25, 0.3) is 21.7 Å². The number of fused-ring (bicyclic) bond motifs is 3. The minimum absolute atomic E-state index is 0.102. The first kappa shape index (κ1) is 23.0. The van der Waals surface area contributed by atoms with Crippen molar-refractivity contribution in [1.29, 1.82) is 0 Å². The van der Waals surface area contributed by atoms with Crippen molar-refractivity contribution in [3.05, 3.63) is 52.4 Å². The van der Waals surface area contributed by atoms with Crippen molar-refractivity contribution in [2.24, 2.45) is 0 Å². The predicted octanol–water partition coefficient (Wildman–Crippen LogP) is 5.60. The molecule has 32 heavy (non-hydrogen) atoms. The molecule has 0 spiro atoms. The largest absolute Gasteiger partial charge is 0.543 e. The first-order chi connectivity index (χ1) is 15.1. The lowest BCUT2D eigenvalue weighted by molar-refractivity contribution is 0.0375. The van der Waals surface area contributed by atoms with Crippen LogP contribution < -0.4 is 10.1 Å². The average Bonchev–Trinajstić information content (AvgIpc) is 2.73. The lowest BCUT2D eigenvalue weighted by atomic mass is 10.0. The van der Waals surface area contributed by atoms with Crippen molar-refractivity contribution in [1.82, 2.24) is 4.90 Å². The molecule has 2 heterocycles. The van der Waals surface area contributed by atoms with Crippen LogP contribution in [0.4, 0.5) is 0 Å². The van der Waals surface area contributed by atoms with Crippen molar-refractivity contribution >= 4 is 30.1 Å². The molecule has 4 rings (SSSR count). The van der Waals surface area contributed by atoms with Crippen LogP contribution in [0, 0.1) is 0 Å². The number of hydrogen-bond donors (Lipinski definition) is 0. The molecule has 0 unspecified atom stereocenters. The van der Waals surface area contributed by atoms with Crippen LogP contribution >= 0.6 is 0 Å². The summed E-state index contributed by atoms with van der Waals surface area (Å²) in [5, 5.41) is 2.64. The zero-order valence-electron chi connectivity index (χ0n) is 20.0. The number of morpholine rings is 1. The number of ether oxygens (including phenoxy) is 1. The van der Waals surface area contributed by atoms with E-state index in [-0.39, 0.29) is 10.7 Å². The topological polar surface area (TPSA) is 51.9 Å². The molecule has 2 aromatic carbocycles. The van der Waals surface area contributed by atoms with Gasteiger partial charge >= 0.3 is 5.63 Å². The van der Waals surface area contributed by atoms with Gasteiger partial charge < -0.3 is 13.6 Å². The van der Waals surface area contributed by atoms with Crippen LogP contribution in [-0.2, 0) is 11.2 Å². The molecule has 1 aliphatic rings. The molecule has 1 saturated heterocycles. The summed E-state index contributed by atoms with van der Waals surface area (Å²) in [6.07, 6.45) is 2.02. The Kier molecular flexibility index (Phi) is 6.48. The Morgan fingerprint density at radius 3 is 2.44 bits per heavy atom. The molecule has 1 aromatic heterocycles. The Bertz CT molecular complexity index is 1160. The van der Waals surface area contributed by atoms with Crippen molar-refractivity contribution in [3.8, 4) is 5.75 Å². The molecule has 0 N–H and O–H groups in total. The van der Waals surface area contributed by atoms with Crippen LogP contribution in [-0.4, -0.2) is 46.1 Å². The SMILES string of the molecule is CC(C)(C)[Si](C)(C)Oc1ccc2c(c1)oc(=O)c1cc(CCCN3CCOCC3)ccc12. The fourth-order valence-electron chi connectivity index (χ4n) is 3.96. The number of rotatable bonds is 6. The molecule has 0 bridgehead atoms. The monoisotopic (exact) mass is 453 g/mol. The lowest BCUT2D eigenvalue weighted by Crippen LogP contribution is -2.43. The van der Waals surface area contributed by atoms with Crippen LogP contribution in [0.3, 0.4) is 0 Å². The van der Waals surface area contributed by atoms with Crippen molar-refractivity contribution in [2.45, 2.75) is 51.7 Å². The van der Waals surface area contributed by atoms with E-state index in [0.717, 1.165) is 62.2 Å². The maximum absolute atomic E-state index is 12.8. The van der Waals surface area contributed by atoms with E-state index in [1.165, 1.54) is 5.56 Å². The van der Waals surface area contributed by atoms with E-state index in [1.807, 2.05) is 24.3 Å².